The SMILES string of the molecule is O=C(OCCOCCOCCO)C(F)(F)SOO[O-].[Na+]. The minimum Gasteiger partial charge on any atom is -0.691 e. The summed E-state index contributed by atoms with van der Waals surface area (Å²) in [5.41, 5.74) is 0. The van der Waals surface area contributed by atoms with Gasteiger partial charge in [0, 0.05) is 0 Å². The van der Waals surface area contributed by atoms with E-state index < -0.39 is 29.9 Å². The molecular formula is C8H13F2NaO8S. The van der Waals surface area contributed by atoms with Gasteiger partial charge in [-0.15, -0.1) is 0 Å². The molecule has 0 bridgehead atoms. The third-order valence-corrected chi connectivity index (χ3v) is 1.97. The largest absolute Gasteiger partial charge is 1.00 e. The monoisotopic (exact) mass is 330 g/mol. The Balaban J connectivity index is 0. The first-order valence-corrected chi connectivity index (χ1v) is 5.74. The Morgan fingerprint density at radius 3 is 2.25 bits per heavy atom. The number of alkyl halides is 2. The summed E-state index contributed by atoms with van der Waals surface area (Å²) < 4.78 is 42.8. The molecule has 0 aromatic rings. The molecule has 12 heteroatoms. The molecule has 20 heavy (non-hydrogen) atoms. The fourth-order valence-corrected chi connectivity index (χ4v) is 0.995. The molecule has 0 radical (unpaired) electrons. The van der Waals surface area contributed by atoms with Gasteiger partial charge in [0.25, 0.3) is 0 Å². The first-order chi connectivity index (χ1) is 9.04. The van der Waals surface area contributed by atoms with Crippen molar-refractivity contribution in [2.75, 3.05) is 39.6 Å². The van der Waals surface area contributed by atoms with Crippen molar-refractivity contribution < 1.29 is 77.1 Å². The topological polar surface area (TPSA) is 107 Å². The van der Waals surface area contributed by atoms with Crippen molar-refractivity contribution in [1.29, 1.82) is 0 Å². The molecule has 8 nitrogen and oxygen atoms in total. The second-order valence-electron chi connectivity index (χ2n) is 2.82. The number of hydrogen-bond acceptors (Lipinski definition) is 9. The Labute approximate surface area is 140 Å². The number of hydrogen-bond donors (Lipinski definition) is 1. The van der Waals surface area contributed by atoms with E-state index >= 15 is 0 Å². The van der Waals surface area contributed by atoms with E-state index in [0.717, 1.165) is 0 Å². The van der Waals surface area contributed by atoms with Crippen LogP contribution in [0.15, 0.2) is 0 Å². The van der Waals surface area contributed by atoms with Crippen molar-refractivity contribution in [3.63, 3.8) is 0 Å². The second-order valence-corrected chi connectivity index (χ2v) is 3.64. The molecule has 0 fully saturated rings. The molecule has 0 heterocycles. The molecule has 0 atom stereocenters. The van der Waals surface area contributed by atoms with Crippen LogP contribution >= 0.6 is 12.0 Å². The summed E-state index contributed by atoms with van der Waals surface area (Å²) in [5.74, 6) is -1.88. The summed E-state index contributed by atoms with van der Waals surface area (Å²) in [6.45, 7) is -0.0603. The summed E-state index contributed by atoms with van der Waals surface area (Å²) in [7, 11) is 0. The van der Waals surface area contributed by atoms with Gasteiger partial charge in [0.05, 0.1) is 33.0 Å². The predicted octanol–water partition coefficient (Wildman–Crippen LogP) is -3.98. The van der Waals surface area contributed by atoms with E-state index in [0.29, 0.717) is 0 Å². The van der Waals surface area contributed by atoms with Crippen molar-refractivity contribution in [2.24, 2.45) is 0 Å². The maximum absolute atomic E-state index is 12.8. The van der Waals surface area contributed by atoms with Crippen molar-refractivity contribution in [3.8, 4) is 0 Å². The molecule has 0 rings (SSSR count). The molecule has 0 saturated heterocycles. The van der Waals surface area contributed by atoms with Crippen molar-refractivity contribution in [1.82, 2.24) is 0 Å². The second kappa shape index (κ2) is 14.4. The van der Waals surface area contributed by atoms with E-state index in [1.165, 1.54) is 0 Å². The number of esters is 1. The molecule has 0 aromatic carbocycles. The maximum Gasteiger partial charge on any atom is 1.00 e. The molecule has 0 spiro atoms. The minimum absolute atomic E-state index is 0. The fraction of sp³-hybridized carbons (Fsp3) is 0.875. The van der Waals surface area contributed by atoms with Crippen LogP contribution in [0.2, 0.25) is 0 Å². The summed E-state index contributed by atoms with van der Waals surface area (Å²) in [6, 6.07) is 0. The van der Waals surface area contributed by atoms with Gasteiger partial charge in [0.15, 0.2) is 0 Å². The molecule has 0 aromatic heterocycles. The number of rotatable bonds is 12. The molecule has 1 N–H and O–H groups in total. The van der Waals surface area contributed by atoms with E-state index in [4.69, 9.17) is 14.6 Å². The Morgan fingerprint density at radius 1 is 1.15 bits per heavy atom. The van der Waals surface area contributed by atoms with Gasteiger partial charge in [-0.25, -0.2) is 4.79 Å². The number of aliphatic hydroxyl groups excluding tert-OH is 1. The molecule has 0 aliphatic carbocycles. The zero-order valence-electron chi connectivity index (χ0n) is 10.7. The van der Waals surface area contributed by atoms with Gasteiger partial charge in [0.1, 0.15) is 18.6 Å². The van der Waals surface area contributed by atoms with Gasteiger partial charge in [-0.05, 0) is 0 Å². The van der Waals surface area contributed by atoms with Gasteiger partial charge >= 0.3 is 40.8 Å². The van der Waals surface area contributed by atoms with E-state index in [2.05, 4.69) is 14.1 Å². The summed E-state index contributed by atoms with van der Waals surface area (Å²) in [6.07, 6.45) is 0. The molecule has 0 aliphatic rings. The van der Waals surface area contributed by atoms with Crippen LogP contribution in [0.4, 0.5) is 8.78 Å². The summed E-state index contributed by atoms with van der Waals surface area (Å²) in [4.78, 5) is 10.8. The van der Waals surface area contributed by atoms with Crippen LogP contribution < -0.4 is 34.8 Å². The average molecular weight is 330 g/mol. The van der Waals surface area contributed by atoms with Crippen LogP contribution in [0.1, 0.15) is 0 Å². The Morgan fingerprint density at radius 2 is 1.70 bits per heavy atom. The van der Waals surface area contributed by atoms with Gasteiger partial charge < -0.3 is 24.6 Å². The Kier molecular flexibility index (Phi) is 16.3. The Hall–Kier alpha value is 0.440. The van der Waals surface area contributed by atoms with Crippen molar-refractivity contribution in [2.45, 2.75) is 5.25 Å². The average Bonchev–Trinajstić information content (AvgIpc) is 2.39. The van der Waals surface area contributed by atoms with Gasteiger partial charge in [-0.1, -0.05) is 0 Å². The fourth-order valence-electron chi connectivity index (χ4n) is 0.754. The smallest absolute Gasteiger partial charge is 0.691 e. The molecule has 114 valence electrons. The van der Waals surface area contributed by atoms with Crippen LogP contribution in [0.5, 0.6) is 0 Å². The zero-order chi connectivity index (χ0) is 14.6. The standard InChI is InChI=1S/C8H14F2O8S.Na/c9-8(10,19-18-17-13)7(12)16-6-5-15-4-3-14-2-1-11;/h11,13H,1-6H2;/q;+1/p-1. The van der Waals surface area contributed by atoms with E-state index in [1.54, 1.807) is 0 Å². The first-order valence-electron chi connectivity index (χ1n) is 5.00. The Bertz CT molecular complexity index is 249. The predicted molar refractivity (Wildman–Crippen MR) is 54.4 cm³/mol. The van der Waals surface area contributed by atoms with E-state index in [1.807, 2.05) is 0 Å². The third kappa shape index (κ3) is 12.2. The van der Waals surface area contributed by atoms with Gasteiger partial charge in [0.2, 0.25) is 0 Å². The summed E-state index contributed by atoms with van der Waals surface area (Å²) in [5, 5.41) is 16.3. The zero-order valence-corrected chi connectivity index (χ0v) is 13.5. The van der Waals surface area contributed by atoms with Gasteiger partial charge in [-0.3, -0.25) is 5.04 Å². The number of ether oxygens (including phenoxy) is 3. The summed E-state index contributed by atoms with van der Waals surface area (Å²) >= 11 is -0.763. The van der Waals surface area contributed by atoms with E-state index in [-0.39, 0.29) is 62.6 Å². The van der Waals surface area contributed by atoms with Crippen LogP contribution in [0.25, 0.3) is 0 Å². The number of carbonyl (C=O) groups is 1. The molecule has 0 unspecified atom stereocenters. The van der Waals surface area contributed by atoms with Crippen LogP contribution in [-0.2, 0) is 28.4 Å². The third-order valence-electron chi connectivity index (χ3n) is 1.47. The molecule has 0 amide bonds. The van der Waals surface area contributed by atoms with E-state index in [9.17, 15) is 18.8 Å². The number of halogens is 2. The minimum atomic E-state index is -4.05. The first kappa shape index (κ1) is 22.7. The van der Waals surface area contributed by atoms with Crippen LogP contribution in [-0.4, -0.2) is 56.0 Å². The van der Waals surface area contributed by atoms with Crippen molar-refractivity contribution in [3.05, 3.63) is 0 Å². The van der Waals surface area contributed by atoms with Crippen LogP contribution in [0, 0.1) is 0 Å². The molecule has 0 aliphatic heterocycles. The normalized spacial score (nSPS) is 11.0. The number of carbonyl (C=O) groups excluding carboxylic acids is 1. The van der Waals surface area contributed by atoms with Gasteiger partial charge in [-0.2, -0.15) is 13.1 Å². The number of aliphatic hydroxyl groups is 1. The quantitative estimate of drug-likeness (QED) is 0.0957. The molecule has 0 saturated carbocycles. The molecular weight excluding hydrogens is 317 g/mol. The van der Waals surface area contributed by atoms with Crippen molar-refractivity contribution >= 4 is 18.0 Å². The maximum atomic E-state index is 12.8. The van der Waals surface area contributed by atoms with Crippen LogP contribution in [0.3, 0.4) is 0 Å².